The van der Waals surface area contributed by atoms with Crippen molar-refractivity contribution in [1.29, 1.82) is 0 Å². The lowest BCUT2D eigenvalue weighted by Gasteiger charge is -2.16. The van der Waals surface area contributed by atoms with Crippen LogP contribution in [0.4, 0.5) is 0 Å². The van der Waals surface area contributed by atoms with Gasteiger partial charge in [-0.25, -0.2) is 0 Å². The van der Waals surface area contributed by atoms with Gasteiger partial charge in [-0.05, 0) is 23.7 Å². The van der Waals surface area contributed by atoms with Crippen molar-refractivity contribution in [2.24, 2.45) is 23.7 Å². The van der Waals surface area contributed by atoms with E-state index in [0.717, 1.165) is 23.7 Å². The molecule has 0 aromatic carbocycles. The van der Waals surface area contributed by atoms with E-state index in [1.54, 1.807) is 0 Å². The van der Waals surface area contributed by atoms with E-state index in [1.165, 1.54) is 161 Å². The molecule has 0 aliphatic heterocycles. The molecule has 4 atom stereocenters. The van der Waals surface area contributed by atoms with Crippen molar-refractivity contribution in [3.8, 4) is 0 Å². The third-order valence-electron chi connectivity index (χ3n) is 8.76. The summed E-state index contributed by atoms with van der Waals surface area (Å²) < 4.78 is 0. The minimum atomic E-state index is 0.940. The highest BCUT2D eigenvalue weighted by molar-refractivity contribution is 4.62. The standard InChI is InChI=1S/C35H72/c1-7-9-10-11-12-13-14-15-16-17-18-19-20-25-33(4)27-22-29-35(6)31-23-30-34(5)28-21-26-32(3)24-8-2/h32-35H,7-31H2,1-6H3. The van der Waals surface area contributed by atoms with Gasteiger partial charge in [-0.1, -0.05) is 202 Å². The monoisotopic (exact) mass is 493 g/mol. The molecule has 0 N–H and O–H groups in total. The quantitative estimate of drug-likeness (QED) is 0.0952. The summed E-state index contributed by atoms with van der Waals surface area (Å²) in [5.74, 6) is 3.77. The van der Waals surface area contributed by atoms with Crippen molar-refractivity contribution in [1.82, 2.24) is 0 Å². The number of unbranched alkanes of at least 4 members (excludes halogenated alkanes) is 12. The molecule has 0 nitrogen and oxygen atoms in total. The molecular weight excluding hydrogens is 420 g/mol. The second-order valence-electron chi connectivity index (χ2n) is 13.0. The molecule has 4 unspecified atom stereocenters. The zero-order valence-electron chi connectivity index (χ0n) is 26.0. The molecule has 0 spiro atoms. The van der Waals surface area contributed by atoms with E-state index in [9.17, 15) is 0 Å². The maximum Gasteiger partial charge on any atom is -0.0443 e. The topological polar surface area (TPSA) is 0 Å². The fourth-order valence-electron chi connectivity index (χ4n) is 6.03. The largest absolute Gasteiger partial charge is 0.0654 e. The van der Waals surface area contributed by atoms with E-state index >= 15 is 0 Å². The van der Waals surface area contributed by atoms with Crippen LogP contribution in [0.5, 0.6) is 0 Å². The van der Waals surface area contributed by atoms with Gasteiger partial charge in [0, 0.05) is 0 Å². The summed E-state index contributed by atoms with van der Waals surface area (Å²) >= 11 is 0. The minimum Gasteiger partial charge on any atom is -0.0654 e. The predicted molar refractivity (Wildman–Crippen MR) is 163 cm³/mol. The van der Waals surface area contributed by atoms with E-state index in [0.29, 0.717) is 0 Å². The fraction of sp³-hybridized carbons (Fsp3) is 1.00. The molecule has 0 saturated heterocycles. The van der Waals surface area contributed by atoms with Crippen LogP contribution in [-0.4, -0.2) is 0 Å². The zero-order valence-corrected chi connectivity index (χ0v) is 26.0. The van der Waals surface area contributed by atoms with Gasteiger partial charge < -0.3 is 0 Å². The van der Waals surface area contributed by atoms with E-state index in [4.69, 9.17) is 0 Å². The van der Waals surface area contributed by atoms with E-state index in [-0.39, 0.29) is 0 Å². The molecule has 0 fully saturated rings. The van der Waals surface area contributed by atoms with Gasteiger partial charge >= 0.3 is 0 Å². The lowest BCUT2D eigenvalue weighted by atomic mass is 9.90. The van der Waals surface area contributed by atoms with Crippen LogP contribution in [0.3, 0.4) is 0 Å². The van der Waals surface area contributed by atoms with Crippen molar-refractivity contribution in [3.63, 3.8) is 0 Å². The summed E-state index contributed by atoms with van der Waals surface area (Å²) in [6, 6.07) is 0. The highest BCUT2D eigenvalue weighted by Crippen LogP contribution is 2.24. The predicted octanol–water partition coefficient (Wildman–Crippen LogP) is 13.3. The van der Waals surface area contributed by atoms with Crippen LogP contribution < -0.4 is 0 Å². The Labute approximate surface area is 225 Å². The lowest BCUT2D eigenvalue weighted by Crippen LogP contribution is -2.02. The van der Waals surface area contributed by atoms with Gasteiger partial charge in [0.2, 0.25) is 0 Å². The average Bonchev–Trinajstić information content (AvgIpc) is 2.82. The smallest absolute Gasteiger partial charge is 0.0443 e. The Morgan fingerprint density at radius 2 is 0.514 bits per heavy atom. The molecule has 0 amide bonds. The maximum atomic E-state index is 2.51. The summed E-state index contributed by atoms with van der Waals surface area (Å²) in [6.45, 7) is 14.6. The van der Waals surface area contributed by atoms with Gasteiger partial charge in [0.05, 0.1) is 0 Å². The van der Waals surface area contributed by atoms with Crippen molar-refractivity contribution in [2.75, 3.05) is 0 Å². The second-order valence-corrected chi connectivity index (χ2v) is 13.0. The first-order chi connectivity index (χ1) is 17.0. The molecule has 35 heavy (non-hydrogen) atoms. The van der Waals surface area contributed by atoms with Crippen molar-refractivity contribution >= 4 is 0 Å². The third-order valence-corrected chi connectivity index (χ3v) is 8.76. The molecule has 0 heteroatoms. The number of rotatable bonds is 28. The summed E-state index contributed by atoms with van der Waals surface area (Å²) in [6.07, 6.45) is 36.5. The van der Waals surface area contributed by atoms with Crippen LogP contribution in [0.2, 0.25) is 0 Å². The van der Waals surface area contributed by atoms with Crippen LogP contribution in [-0.2, 0) is 0 Å². The van der Waals surface area contributed by atoms with E-state index in [1.807, 2.05) is 0 Å². The zero-order chi connectivity index (χ0) is 26.0. The first-order valence-electron chi connectivity index (χ1n) is 17.0. The van der Waals surface area contributed by atoms with E-state index < -0.39 is 0 Å². The van der Waals surface area contributed by atoms with Gasteiger partial charge in [0.1, 0.15) is 0 Å². The second kappa shape index (κ2) is 27.0. The molecule has 0 aromatic rings. The fourth-order valence-corrected chi connectivity index (χ4v) is 6.03. The van der Waals surface area contributed by atoms with Gasteiger partial charge in [-0.3, -0.25) is 0 Å². The van der Waals surface area contributed by atoms with Gasteiger partial charge in [0.15, 0.2) is 0 Å². The molecule has 0 bridgehead atoms. The van der Waals surface area contributed by atoms with Gasteiger partial charge in [0.25, 0.3) is 0 Å². The Morgan fingerprint density at radius 3 is 0.829 bits per heavy atom. The first-order valence-corrected chi connectivity index (χ1v) is 17.0. The average molecular weight is 493 g/mol. The highest BCUT2D eigenvalue weighted by atomic mass is 14.1. The van der Waals surface area contributed by atoms with Crippen LogP contribution in [0, 0.1) is 23.7 Å². The molecule has 0 aliphatic carbocycles. The molecule has 212 valence electrons. The Hall–Kier alpha value is 0. The third kappa shape index (κ3) is 26.9. The Kier molecular flexibility index (Phi) is 27.0. The normalized spacial score (nSPS) is 15.3. The van der Waals surface area contributed by atoms with Crippen LogP contribution >= 0.6 is 0 Å². The molecule has 0 radical (unpaired) electrons. The summed E-state index contributed by atoms with van der Waals surface area (Å²) in [7, 11) is 0. The number of hydrogen-bond acceptors (Lipinski definition) is 0. The van der Waals surface area contributed by atoms with E-state index in [2.05, 4.69) is 41.5 Å². The SMILES string of the molecule is CCCCCCCCCCCCCCCC(C)CCCC(C)CCCC(C)CCCC(C)CCC. The Morgan fingerprint density at radius 1 is 0.257 bits per heavy atom. The summed E-state index contributed by atoms with van der Waals surface area (Å²) in [4.78, 5) is 0. The molecule has 0 rings (SSSR count). The van der Waals surface area contributed by atoms with Crippen LogP contribution in [0.25, 0.3) is 0 Å². The first kappa shape index (κ1) is 35.0. The minimum absolute atomic E-state index is 0.940. The maximum absolute atomic E-state index is 2.51. The van der Waals surface area contributed by atoms with Crippen molar-refractivity contribution in [3.05, 3.63) is 0 Å². The summed E-state index contributed by atoms with van der Waals surface area (Å²) in [5.41, 5.74) is 0. The number of hydrogen-bond donors (Lipinski definition) is 0. The summed E-state index contributed by atoms with van der Waals surface area (Å²) in [5, 5.41) is 0. The Bertz CT molecular complexity index is 385. The van der Waals surface area contributed by atoms with Crippen molar-refractivity contribution in [2.45, 2.75) is 202 Å². The van der Waals surface area contributed by atoms with Crippen molar-refractivity contribution < 1.29 is 0 Å². The van der Waals surface area contributed by atoms with Crippen LogP contribution in [0.15, 0.2) is 0 Å². The molecule has 0 heterocycles. The lowest BCUT2D eigenvalue weighted by molar-refractivity contribution is 0.366. The van der Waals surface area contributed by atoms with Gasteiger partial charge in [-0.15, -0.1) is 0 Å². The molecular formula is C35H72. The molecule has 0 aromatic heterocycles. The molecule has 0 aliphatic rings. The van der Waals surface area contributed by atoms with Crippen LogP contribution in [0.1, 0.15) is 202 Å². The highest BCUT2D eigenvalue weighted by Gasteiger charge is 2.09. The van der Waals surface area contributed by atoms with Gasteiger partial charge in [-0.2, -0.15) is 0 Å². The Balaban J connectivity index is 3.41. The molecule has 0 saturated carbocycles.